The molecule has 0 spiro atoms. The predicted octanol–water partition coefficient (Wildman–Crippen LogP) is 4.45. The topological polar surface area (TPSA) is 25.8 Å². The molecule has 0 saturated carbocycles. The van der Waals surface area contributed by atoms with Gasteiger partial charge in [0.25, 0.3) is 0 Å². The largest absolute Gasteiger partial charge is 0.237 e. The van der Waals surface area contributed by atoms with Gasteiger partial charge in [0, 0.05) is 17.1 Å². The quantitative estimate of drug-likeness (QED) is 0.503. The van der Waals surface area contributed by atoms with E-state index in [2.05, 4.69) is 58.5 Å². The molecule has 2 aromatic carbocycles. The van der Waals surface area contributed by atoms with Crippen molar-refractivity contribution in [1.82, 2.24) is 9.97 Å². The van der Waals surface area contributed by atoms with Gasteiger partial charge in [0.1, 0.15) is 0 Å². The van der Waals surface area contributed by atoms with E-state index < -0.39 is 0 Å². The number of fused-ring (bicyclic) bond motifs is 2. The van der Waals surface area contributed by atoms with Crippen LogP contribution in [-0.2, 0) is 0 Å². The van der Waals surface area contributed by atoms with Crippen molar-refractivity contribution in [2.45, 2.75) is 0 Å². The van der Waals surface area contributed by atoms with Crippen LogP contribution in [0.5, 0.6) is 0 Å². The summed E-state index contributed by atoms with van der Waals surface area (Å²) in [5.41, 5.74) is 2.87. The molecule has 0 aliphatic rings. The number of benzene rings is 2. The van der Waals surface area contributed by atoms with E-state index in [1.165, 1.54) is 10.8 Å². The van der Waals surface area contributed by atoms with Crippen molar-refractivity contribution >= 4 is 21.8 Å². The summed E-state index contributed by atoms with van der Waals surface area (Å²) >= 11 is 0. The number of rotatable bonds is 1. The summed E-state index contributed by atoms with van der Waals surface area (Å²) in [6, 6.07) is 22.8. The molecule has 4 aromatic rings. The Bertz CT molecular complexity index is 836. The smallest absolute Gasteiger partial charge is 0.159 e. The average molecular weight is 256 g/mol. The lowest BCUT2D eigenvalue weighted by Crippen LogP contribution is -1.87. The van der Waals surface area contributed by atoms with Gasteiger partial charge in [0.2, 0.25) is 0 Å². The zero-order chi connectivity index (χ0) is 13.4. The minimum absolute atomic E-state index is 0.790. The van der Waals surface area contributed by atoms with Gasteiger partial charge in [-0.2, -0.15) is 0 Å². The summed E-state index contributed by atoms with van der Waals surface area (Å²) in [7, 11) is 0. The molecule has 2 nitrogen and oxygen atoms in total. The van der Waals surface area contributed by atoms with E-state index in [-0.39, 0.29) is 0 Å². The number of pyridine rings is 2. The van der Waals surface area contributed by atoms with Crippen LogP contribution in [0.25, 0.3) is 33.1 Å². The van der Waals surface area contributed by atoms with Crippen LogP contribution >= 0.6 is 0 Å². The molecule has 20 heavy (non-hydrogen) atoms. The zero-order valence-electron chi connectivity index (χ0n) is 10.8. The standard InChI is InChI=1S/C18H12N2/c1-2-5-15-12-16(8-7-13(15)4-1)17-10-9-14-6-3-11-19-18(14)20-17/h1-12H. The average Bonchev–Trinajstić information content (AvgIpc) is 2.54. The highest BCUT2D eigenvalue weighted by Gasteiger charge is 2.03. The Morgan fingerprint density at radius 1 is 0.650 bits per heavy atom. The lowest BCUT2D eigenvalue weighted by Gasteiger charge is -2.04. The SMILES string of the molecule is c1ccc2cc(-c3ccc4cccnc4n3)ccc2c1. The summed E-state index contributed by atoms with van der Waals surface area (Å²) < 4.78 is 0. The fourth-order valence-electron chi connectivity index (χ4n) is 2.46. The maximum absolute atomic E-state index is 4.64. The lowest BCUT2D eigenvalue weighted by atomic mass is 10.0. The van der Waals surface area contributed by atoms with Crippen LogP contribution in [0.4, 0.5) is 0 Å². The van der Waals surface area contributed by atoms with Crippen LogP contribution in [0.1, 0.15) is 0 Å². The van der Waals surface area contributed by atoms with Gasteiger partial charge in [-0.05, 0) is 41.1 Å². The van der Waals surface area contributed by atoms with Gasteiger partial charge in [-0.3, -0.25) is 0 Å². The minimum Gasteiger partial charge on any atom is -0.237 e. The Hall–Kier alpha value is -2.74. The van der Waals surface area contributed by atoms with E-state index in [0.717, 1.165) is 22.3 Å². The summed E-state index contributed by atoms with van der Waals surface area (Å²) in [4.78, 5) is 8.96. The van der Waals surface area contributed by atoms with E-state index in [4.69, 9.17) is 0 Å². The third kappa shape index (κ3) is 1.82. The first-order chi connectivity index (χ1) is 9.90. The minimum atomic E-state index is 0.790. The van der Waals surface area contributed by atoms with Gasteiger partial charge in [0.15, 0.2) is 5.65 Å². The molecule has 0 radical (unpaired) electrons. The molecule has 0 aliphatic carbocycles. The highest BCUT2D eigenvalue weighted by molar-refractivity contribution is 5.87. The normalized spacial score (nSPS) is 11.0. The molecule has 2 heteroatoms. The number of hydrogen-bond acceptors (Lipinski definition) is 2. The highest BCUT2D eigenvalue weighted by Crippen LogP contribution is 2.24. The number of hydrogen-bond donors (Lipinski definition) is 0. The van der Waals surface area contributed by atoms with Crippen molar-refractivity contribution in [2.75, 3.05) is 0 Å². The molecule has 0 atom stereocenters. The molecule has 2 heterocycles. The molecule has 0 saturated heterocycles. The van der Waals surface area contributed by atoms with Crippen LogP contribution < -0.4 is 0 Å². The maximum Gasteiger partial charge on any atom is 0.159 e. The first-order valence-electron chi connectivity index (χ1n) is 6.61. The number of nitrogens with zero attached hydrogens (tertiary/aromatic N) is 2. The Labute approximate surface area is 116 Å². The van der Waals surface area contributed by atoms with Crippen LogP contribution in [0.2, 0.25) is 0 Å². The first-order valence-corrected chi connectivity index (χ1v) is 6.61. The van der Waals surface area contributed by atoms with Crippen molar-refractivity contribution in [1.29, 1.82) is 0 Å². The van der Waals surface area contributed by atoms with Gasteiger partial charge < -0.3 is 0 Å². The van der Waals surface area contributed by atoms with Crippen molar-refractivity contribution in [3.8, 4) is 11.3 Å². The summed E-state index contributed by atoms with van der Waals surface area (Å²) in [5.74, 6) is 0. The van der Waals surface area contributed by atoms with Gasteiger partial charge >= 0.3 is 0 Å². The van der Waals surface area contributed by atoms with Crippen molar-refractivity contribution in [3.63, 3.8) is 0 Å². The Morgan fingerprint density at radius 3 is 2.40 bits per heavy atom. The first kappa shape index (κ1) is 11.1. The summed E-state index contributed by atoms with van der Waals surface area (Å²) in [6.07, 6.45) is 1.78. The third-order valence-corrected chi connectivity index (χ3v) is 3.51. The van der Waals surface area contributed by atoms with Crippen molar-refractivity contribution in [3.05, 3.63) is 72.9 Å². The van der Waals surface area contributed by atoms with E-state index in [1.54, 1.807) is 6.20 Å². The van der Waals surface area contributed by atoms with Gasteiger partial charge in [-0.25, -0.2) is 9.97 Å². The van der Waals surface area contributed by atoms with Crippen molar-refractivity contribution in [2.24, 2.45) is 0 Å². The molecule has 0 unspecified atom stereocenters. The van der Waals surface area contributed by atoms with Gasteiger partial charge in [-0.1, -0.05) is 36.4 Å². The number of aromatic nitrogens is 2. The van der Waals surface area contributed by atoms with Crippen LogP contribution in [0, 0.1) is 0 Å². The van der Waals surface area contributed by atoms with E-state index in [9.17, 15) is 0 Å². The van der Waals surface area contributed by atoms with E-state index in [0.29, 0.717) is 0 Å². The Kier molecular flexibility index (Phi) is 2.46. The molecular formula is C18H12N2. The lowest BCUT2D eigenvalue weighted by molar-refractivity contribution is 1.29. The second-order valence-electron chi connectivity index (χ2n) is 4.81. The Morgan fingerprint density at radius 2 is 1.45 bits per heavy atom. The zero-order valence-corrected chi connectivity index (χ0v) is 10.8. The molecule has 94 valence electrons. The molecule has 2 aromatic heterocycles. The monoisotopic (exact) mass is 256 g/mol. The molecule has 0 N–H and O–H groups in total. The van der Waals surface area contributed by atoms with Gasteiger partial charge in [0.05, 0.1) is 5.69 Å². The maximum atomic E-state index is 4.64. The predicted molar refractivity (Wildman–Crippen MR) is 82.5 cm³/mol. The molecule has 0 aliphatic heterocycles. The second-order valence-corrected chi connectivity index (χ2v) is 4.81. The molecule has 0 bridgehead atoms. The van der Waals surface area contributed by atoms with Crippen LogP contribution in [-0.4, -0.2) is 9.97 Å². The van der Waals surface area contributed by atoms with Crippen LogP contribution in [0.15, 0.2) is 72.9 Å². The highest BCUT2D eigenvalue weighted by atomic mass is 14.8. The fourth-order valence-corrected chi connectivity index (χ4v) is 2.46. The second kappa shape index (κ2) is 4.42. The fraction of sp³-hybridized carbons (Fsp3) is 0. The molecule has 0 fully saturated rings. The van der Waals surface area contributed by atoms with Crippen molar-refractivity contribution < 1.29 is 0 Å². The van der Waals surface area contributed by atoms with Gasteiger partial charge in [-0.15, -0.1) is 0 Å². The summed E-state index contributed by atoms with van der Waals surface area (Å²) in [6.45, 7) is 0. The Balaban J connectivity index is 1.91. The summed E-state index contributed by atoms with van der Waals surface area (Å²) in [5, 5.41) is 3.54. The van der Waals surface area contributed by atoms with E-state index >= 15 is 0 Å². The van der Waals surface area contributed by atoms with Crippen LogP contribution in [0.3, 0.4) is 0 Å². The van der Waals surface area contributed by atoms with E-state index in [1.807, 2.05) is 18.2 Å². The third-order valence-electron chi connectivity index (χ3n) is 3.51. The molecule has 4 rings (SSSR count). The molecular weight excluding hydrogens is 244 g/mol. The molecule has 0 amide bonds.